The van der Waals surface area contributed by atoms with Crippen LogP contribution in [-0.2, 0) is 24.5 Å². The van der Waals surface area contributed by atoms with Crippen LogP contribution in [0.4, 0.5) is 22.4 Å². The summed E-state index contributed by atoms with van der Waals surface area (Å²) in [6.45, 7) is 4.85. The molecule has 0 bridgehead atoms. The maximum atomic E-state index is 14.4. The van der Waals surface area contributed by atoms with E-state index in [4.69, 9.17) is 9.15 Å². The molecule has 2 atom stereocenters. The Morgan fingerprint density at radius 1 is 1.06 bits per heavy atom. The predicted molar refractivity (Wildman–Crippen MR) is 165 cm³/mol. The van der Waals surface area contributed by atoms with Gasteiger partial charge in [-0.25, -0.2) is 14.2 Å². The SMILES string of the molecule is Cn1cnnc1-c1cc(F)ccc1-c1cccc(-c2nc3cc(CN(C(=O)OC(C)(C)C)[C@H]4CCC[C@H]4O)cc(C(F)(F)F)c3o2)c1. The van der Waals surface area contributed by atoms with Crippen molar-refractivity contribution in [3.63, 3.8) is 0 Å². The first-order chi connectivity index (χ1) is 22.2. The molecule has 2 heterocycles. The zero-order chi connectivity index (χ0) is 33.7. The van der Waals surface area contributed by atoms with Gasteiger partial charge in [-0.2, -0.15) is 13.2 Å². The van der Waals surface area contributed by atoms with Gasteiger partial charge in [-0.3, -0.25) is 4.90 Å². The number of aliphatic hydroxyl groups excluding tert-OH is 1. The quantitative estimate of drug-likeness (QED) is 0.187. The first-order valence-electron chi connectivity index (χ1n) is 15.1. The van der Waals surface area contributed by atoms with Gasteiger partial charge in [-0.15, -0.1) is 10.2 Å². The number of fused-ring (bicyclic) bond motifs is 1. The third kappa shape index (κ3) is 6.71. The Morgan fingerprint density at radius 2 is 1.83 bits per heavy atom. The highest BCUT2D eigenvalue weighted by Crippen LogP contribution is 2.40. The number of oxazole rings is 1. The zero-order valence-electron chi connectivity index (χ0n) is 26.2. The number of benzene rings is 3. The number of rotatable bonds is 6. The van der Waals surface area contributed by atoms with Crippen LogP contribution in [0, 0.1) is 5.82 Å². The molecule has 1 amide bonds. The number of hydrogen-bond acceptors (Lipinski definition) is 7. The van der Waals surface area contributed by atoms with Gasteiger partial charge in [0.1, 0.15) is 28.8 Å². The summed E-state index contributed by atoms with van der Waals surface area (Å²) >= 11 is 0. The highest BCUT2D eigenvalue weighted by Gasteiger charge is 2.38. The van der Waals surface area contributed by atoms with Gasteiger partial charge in [0.2, 0.25) is 5.89 Å². The van der Waals surface area contributed by atoms with Crippen LogP contribution in [0.2, 0.25) is 0 Å². The molecule has 3 aromatic carbocycles. The summed E-state index contributed by atoms with van der Waals surface area (Å²) in [5, 5.41) is 18.6. The molecule has 0 spiro atoms. The lowest BCUT2D eigenvalue weighted by molar-refractivity contribution is -0.136. The topological polar surface area (TPSA) is 107 Å². The van der Waals surface area contributed by atoms with E-state index in [9.17, 15) is 27.5 Å². The number of alkyl halides is 3. The second kappa shape index (κ2) is 12.1. The lowest BCUT2D eigenvalue weighted by Crippen LogP contribution is -2.46. The minimum atomic E-state index is -4.80. The Balaban J connectivity index is 1.41. The number of aryl methyl sites for hydroxylation is 1. The molecule has 0 saturated heterocycles. The fraction of sp³-hybridized carbons (Fsp3) is 0.353. The van der Waals surface area contributed by atoms with Crippen molar-refractivity contribution >= 4 is 17.2 Å². The Hall–Kier alpha value is -4.78. The van der Waals surface area contributed by atoms with E-state index < -0.39 is 47.0 Å². The summed E-state index contributed by atoms with van der Waals surface area (Å²) < 4.78 is 70.6. The summed E-state index contributed by atoms with van der Waals surface area (Å²) in [7, 11) is 1.73. The van der Waals surface area contributed by atoms with Crippen molar-refractivity contribution in [1.29, 1.82) is 0 Å². The molecule has 2 aromatic heterocycles. The van der Waals surface area contributed by atoms with Gasteiger partial charge in [0.25, 0.3) is 0 Å². The van der Waals surface area contributed by atoms with Crippen LogP contribution in [0.3, 0.4) is 0 Å². The molecule has 47 heavy (non-hydrogen) atoms. The molecular formula is C34H33F4N5O4. The number of aromatic nitrogens is 4. The molecule has 6 rings (SSSR count). The van der Waals surface area contributed by atoms with Crippen molar-refractivity contribution in [2.45, 2.75) is 70.5 Å². The van der Waals surface area contributed by atoms with Crippen molar-refractivity contribution in [3.8, 4) is 34.0 Å². The maximum Gasteiger partial charge on any atom is 0.420 e. The largest absolute Gasteiger partial charge is 0.444 e. The van der Waals surface area contributed by atoms with E-state index in [2.05, 4.69) is 15.2 Å². The smallest absolute Gasteiger partial charge is 0.420 e. The van der Waals surface area contributed by atoms with Crippen LogP contribution in [0.5, 0.6) is 0 Å². The minimum absolute atomic E-state index is 0.0482. The Morgan fingerprint density at radius 3 is 2.49 bits per heavy atom. The Kier molecular flexibility index (Phi) is 8.29. The first-order valence-corrected chi connectivity index (χ1v) is 15.1. The molecule has 1 N–H and O–H groups in total. The van der Waals surface area contributed by atoms with Gasteiger partial charge in [0.15, 0.2) is 11.4 Å². The number of halogens is 4. The number of hydrogen-bond donors (Lipinski definition) is 1. The molecule has 1 aliphatic carbocycles. The average Bonchev–Trinajstić information content (AvgIpc) is 3.73. The van der Waals surface area contributed by atoms with Crippen molar-refractivity contribution in [2.24, 2.45) is 7.05 Å². The lowest BCUT2D eigenvalue weighted by atomic mass is 9.97. The van der Waals surface area contributed by atoms with E-state index in [1.807, 2.05) is 0 Å². The highest BCUT2D eigenvalue weighted by atomic mass is 19.4. The second-order valence-corrected chi connectivity index (χ2v) is 12.7. The fourth-order valence-electron chi connectivity index (χ4n) is 5.94. The molecule has 1 fully saturated rings. The summed E-state index contributed by atoms with van der Waals surface area (Å²) in [6.07, 6.45) is -3.22. The minimum Gasteiger partial charge on any atom is -0.444 e. The number of amides is 1. The van der Waals surface area contributed by atoms with Gasteiger partial charge in [0.05, 0.1) is 12.1 Å². The van der Waals surface area contributed by atoms with Gasteiger partial charge >= 0.3 is 12.3 Å². The number of aliphatic hydroxyl groups is 1. The van der Waals surface area contributed by atoms with Crippen LogP contribution >= 0.6 is 0 Å². The predicted octanol–water partition coefficient (Wildman–Crippen LogP) is 7.77. The van der Waals surface area contributed by atoms with Crippen molar-refractivity contribution in [2.75, 3.05) is 0 Å². The summed E-state index contributed by atoms with van der Waals surface area (Å²) in [4.78, 5) is 19.0. The standard InChI is InChI=1S/C34H33F4N5O4/c1-33(2,3)47-32(45)43(27-9-6-10-28(27)44)17-19-13-25(34(36,37)38)29-26(14-19)40-31(46-29)21-8-5-7-20(15-21)23-12-11-22(35)16-24(23)30-41-39-18-42(30)4/h5,7-8,11-16,18,27-28,44H,6,9-10,17H2,1-4H3/t27-,28+/m0/s1. The van der Waals surface area contributed by atoms with E-state index in [1.54, 1.807) is 62.7 Å². The van der Waals surface area contributed by atoms with E-state index >= 15 is 0 Å². The molecule has 0 aliphatic heterocycles. The maximum absolute atomic E-state index is 14.4. The van der Waals surface area contributed by atoms with Crippen LogP contribution in [0.25, 0.3) is 45.1 Å². The molecule has 5 aromatic rings. The van der Waals surface area contributed by atoms with Gasteiger partial charge in [-0.1, -0.05) is 18.2 Å². The van der Waals surface area contributed by atoms with Crippen LogP contribution < -0.4 is 0 Å². The number of ether oxygens (including phenoxy) is 1. The molecule has 0 radical (unpaired) electrons. The third-order valence-electron chi connectivity index (χ3n) is 8.03. The fourth-order valence-corrected chi connectivity index (χ4v) is 5.94. The number of carbonyl (C=O) groups is 1. The monoisotopic (exact) mass is 651 g/mol. The Labute approximate surface area is 267 Å². The van der Waals surface area contributed by atoms with Crippen LogP contribution in [-0.4, -0.2) is 53.6 Å². The average molecular weight is 652 g/mol. The zero-order valence-corrected chi connectivity index (χ0v) is 26.2. The van der Waals surface area contributed by atoms with Crippen LogP contribution in [0.15, 0.2) is 65.3 Å². The van der Waals surface area contributed by atoms with Gasteiger partial charge in [-0.05, 0) is 93.1 Å². The molecular weight excluding hydrogens is 618 g/mol. The number of nitrogens with zero attached hydrogens (tertiary/aromatic N) is 5. The normalized spacial score (nSPS) is 17.0. The van der Waals surface area contributed by atoms with Crippen molar-refractivity contribution in [1.82, 2.24) is 24.6 Å². The van der Waals surface area contributed by atoms with Crippen LogP contribution in [0.1, 0.15) is 51.2 Å². The summed E-state index contributed by atoms with van der Waals surface area (Å²) in [6, 6.07) is 12.9. The molecule has 1 aliphatic rings. The molecule has 1 saturated carbocycles. The van der Waals surface area contributed by atoms with Crippen molar-refractivity contribution < 1.29 is 36.6 Å². The van der Waals surface area contributed by atoms with E-state index in [1.165, 1.54) is 29.4 Å². The van der Waals surface area contributed by atoms with E-state index in [0.717, 1.165) is 6.07 Å². The number of carbonyl (C=O) groups excluding carboxylic acids is 1. The molecule has 0 unspecified atom stereocenters. The molecule has 246 valence electrons. The molecule has 13 heteroatoms. The summed E-state index contributed by atoms with van der Waals surface area (Å²) in [5.74, 6) is -0.0910. The third-order valence-corrected chi connectivity index (χ3v) is 8.03. The van der Waals surface area contributed by atoms with Crippen molar-refractivity contribution in [3.05, 3.63) is 77.9 Å². The lowest BCUT2D eigenvalue weighted by Gasteiger charge is -2.33. The van der Waals surface area contributed by atoms with E-state index in [0.29, 0.717) is 47.3 Å². The highest BCUT2D eigenvalue weighted by molar-refractivity contribution is 5.84. The Bertz CT molecular complexity index is 1950. The second-order valence-electron chi connectivity index (χ2n) is 12.7. The molecule has 9 nitrogen and oxygen atoms in total. The van der Waals surface area contributed by atoms with E-state index in [-0.39, 0.29) is 23.5 Å². The van der Waals surface area contributed by atoms with Gasteiger partial charge in [0, 0.05) is 24.7 Å². The van der Waals surface area contributed by atoms with Gasteiger partial charge < -0.3 is 18.8 Å². The summed E-state index contributed by atoms with van der Waals surface area (Å²) in [5.41, 5.74) is -0.115. The first kappa shape index (κ1) is 32.2.